The van der Waals surface area contributed by atoms with Crippen molar-refractivity contribution >= 4 is 20.0 Å². The van der Waals surface area contributed by atoms with E-state index in [-0.39, 0.29) is 19.6 Å². The summed E-state index contributed by atoms with van der Waals surface area (Å²) in [5.74, 6) is 0. The van der Waals surface area contributed by atoms with Crippen LogP contribution >= 0.6 is 0 Å². The molecule has 0 aromatic heterocycles. The van der Waals surface area contributed by atoms with E-state index in [1.165, 1.54) is 8.61 Å². The van der Waals surface area contributed by atoms with Crippen LogP contribution in [0.4, 0.5) is 0 Å². The minimum absolute atomic E-state index is 0.126. The van der Waals surface area contributed by atoms with Gasteiger partial charge in [-0.1, -0.05) is 13.2 Å². The first-order valence-corrected chi connectivity index (χ1v) is 8.02. The molecule has 0 aliphatic carbocycles. The molecule has 1 aliphatic heterocycles. The van der Waals surface area contributed by atoms with Crippen LogP contribution < -0.4 is 0 Å². The number of piperazine rings is 1. The van der Waals surface area contributed by atoms with Crippen molar-refractivity contribution in [2.24, 2.45) is 0 Å². The van der Waals surface area contributed by atoms with E-state index in [4.69, 9.17) is 0 Å². The van der Waals surface area contributed by atoms with Crippen LogP contribution in [0.2, 0.25) is 0 Å². The molecule has 0 saturated carbocycles. The molecule has 1 unspecified atom stereocenters. The smallest absolute Gasteiger partial charge is 0.208 e. The van der Waals surface area contributed by atoms with E-state index < -0.39 is 26.1 Å². The summed E-state index contributed by atoms with van der Waals surface area (Å²) in [5, 5.41) is 1.75. The Balaban J connectivity index is 2.89. The maximum atomic E-state index is 11.6. The molecule has 6 nitrogen and oxygen atoms in total. The summed E-state index contributed by atoms with van der Waals surface area (Å²) in [5.41, 5.74) is 0. The Morgan fingerprint density at radius 3 is 2.00 bits per heavy atom. The second kappa shape index (κ2) is 4.89. The highest BCUT2D eigenvalue weighted by Gasteiger charge is 2.34. The van der Waals surface area contributed by atoms with Gasteiger partial charge in [0.25, 0.3) is 0 Å². The monoisotopic (exact) mass is 280 g/mol. The number of rotatable bonds is 4. The molecule has 0 aromatic rings. The summed E-state index contributed by atoms with van der Waals surface area (Å²) in [6.45, 7) is 8.53. The van der Waals surface area contributed by atoms with Crippen LogP contribution in [0.25, 0.3) is 0 Å². The van der Waals surface area contributed by atoms with Crippen LogP contribution in [0.5, 0.6) is 0 Å². The van der Waals surface area contributed by atoms with Gasteiger partial charge in [-0.2, -0.15) is 8.61 Å². The van der Waals surface area contributed by atoms with Gasteiger partial charge < -0.3 is 0 Å². The number of nitrogens with zero attached hydrogens (tertiary/aromatic N) is 2. The largest absolute Gasteiger partial charge is 0.235 e. The fraction of sp³-hybridized carbons (Fsp3) is 0.556. The first-order chi connectivity index (χ1) is 7.74. The van der Waals surface area contributed by atoms with Gasteiger partial charge in [-0.15, -0.1) is 0 Å². The molecule has 1 heterocycles. The average molecular weight is 280 g/mol. The maximum Gasteiger partial charge on any atom is 0.235 e. The van der Waals surface area contributed by atoms with Crippen molar-refractivity contribution in [3.05, 3.63) is 24.0 Å². The number of hydrogen-bond donors (Lipinski definition) is 0. The third-order valence-electron chi connectivity index (χ3n) is 2.64. The lowest BCUT2D eigenvalue weighted by molar-refractivity contribution is 0.216. The van der Waals surface area contributed by atoms with Crippen LogP contribution in [0.3, 0.4) is 0 Å². The zero-order chi connectivity index (χ0) is 13.3. The Morgan fingerprint density at radius 1 is 1.06 bits per heavy atom. The second-order valence-corrected chi connectivity index (χ2v) is 7.45. The topological polar surface area (TPSA) is 74.8 Å². The Hall–Kier alpha value is -0.700. The van der Waals surface area contributed by atoms with E-state index in [9.17, 15) is 16.8 Å². The van der Waals surface area contributed by atoms with Gasteiger partial charge in [-0.25, -0.2) is 16.8 Å². The Kier molecular flexibility index (Phi) is 4.13. The molecule has 0 N–H and O–H groups in total. The third-order valence-corrected chi connectivity index (χ3v) is 5.73. The summed E-state index contributed by atoms with van der Waals surface area (Å²) in [6.07, 6.45) is 0. The van der Waals surface area contributed by atoms with Crippen molar-refractivity contribution in [2.45, 2.75) is 13.0 Å². The molecule has 1 rings (SSSR count). The van der Waals surface area contributed by atoms with E-state index in [2.05, 4.69) is 13.2 Å². The van der Waals surface area contributed by atoms with E-state index in [0.717, 1.165) is 10.8 Å². The highest BCUT2D eigenvalue weighted by molar-refractivity contribution is 7.92. The molecule has 1 fully saturated rings. The summed E-state index contributed by atoms with van der Waals surface area (Å²) in [4.78, 5) is 0. The lowest BCUT2D eigenvalue weighted by Crippen LogP contribution is -2.54. The summed E-state index contributed by atoms with van der Waals surface area (Å²) >= 11 is 0. The normalized spacial score (nSPS) is 24.4. The van der Waals surface area contributed by atoms with Crippen molar-refractivity contribution < 1.29 is 16.8 Å². The molecule has 1 saturated heterocycles. The van der Waals surface area contributed by atoms with Crippen molar-refractivity contribution in [1.29, 1.82) is 0 Å². The maximum absolute atomic E-state index is 11.6. The van der Waals surface area contributed by atoms with Crippen LogP contribution in [-0.4, -0.2) is 51.1 Å². The fourth-order valence-corrected chi connectivity index (χ4v) is 3.78. The number of sulfonamides is 2. The summed E-state index contributed by atoms with van der Waals surface area (Å²) in [7, 11) is -6.98. The SMILES string of the molecule is C=CS(=O)(=O)N1CCN(S(=O)(=O)C=C)C(C)C1. The third kappa shape index (κ3) is 2.95. The minimum Gasteiger partial charge on any atom is -0.208 e. The second-order valence-electron chi connectivity index (χ2n) is 3.74. The lowest BCUT2D eigenvalue weighted by Gasteiger charge is -2.36. The predicted molar refractivity (Wildman–Crippen MR) is 66.0 cm³/mol. The van der Waals surface area contributed by atoms with Gasteiger partial charge in [-0.05, 0) is 6.92 Å². The predicted octanol–water partition coefficient (Wildman–Crippen LogP) is -0.0609. The summed E-state index contributed by atoms with van der Waals surface area (Å²) in [6, 6.07) is -0.415. The van der Waals surface area contributed by atoms with E-state index in [1.54, 1.807) is 6.92 Å². The first kappa shape index (κ1) is 14.4. The molecular weight excluding hydrogens is 264 g/mol. The molecule has 0 radical (unpaired) electrons. The molecule has 0 aromatic carbocycles. The Morgan fingerprint density at radius 2 is 1.59 bits per heavy atom. The van der Waals surface area contributed by atoms with Gasteiger partial charge in [0.15, 0.2) is 0 Å². The molecule has 17 heavy (non-hydrogen) atoms. The highest BCUT2D eigenvalue weighted by atomic mass is 32.2. The molecule has 1 aliphatic rings. The van der Waals surface area contributed by atoms with E-state index in [0.29, 0.717) is 0 Å². The lowest BCUT2D eigenvalue weighted by atomic mass is 10.3. The van der Waals surface area contributed by atoms with Gasteiger partial charge in [0.05, 0.1) is 0 Å². The first-order valence-electron chi connectivity index (χ1n) is 5.01. The zero-order valence-electron chi connectivity index (χ0n) is 9.61. The molecule has 8 heteroatoms. The highest BCUT2D eigenvalue weighted by Crippen LogP contribution is 2.17. The quantitative estimate of drug-likeness (QED) is 0.723. The van der Waals surface area contributed by atoms with Crippen molar-refractivity contribution in [3.8, 4) is 0 Å². The molecule has 98 valence electrons. The minimum atomic E-state index is -3.50. The molecule has 0 bridgehead atoms. The van der Waals surface area contributed by atoms with Gasteiger partial charge >= 0.3 is 0 Å². The van der Waals surface area contributed by atoms with Gasteiger partial charge in [0, 0.05) is 36.5 Å². The van der Waals surface area contributed by atoms with Crippen LogP contribution in [-0.2, 0) is 20.0 Å². The van der Waals surface area contributed by atoms with Gasteiger partial charge in [-0.3, -0.25) is 0 Å². The fourth-order valence-electron chi connectivity index (χ4n) is 1.72. The molecular formula is C9H16N2O4S2. The van der Waals surface area contributed by atoms with E-state index in [1.807, 2.05) is 0 Å². The van der Waals surface area contributed by atoms with Gasteiger partial charge in [0.2, 0.25) is 20.0 Å². The number of hydrogen-bond acceptors (Lipinski definition) is 4. The average Bonchev–Trinajstić information content (AvgIpc) is 2.28. The van der Waals surface area contributed by atoms with Gasteiger partial charge in [0.1, 0.15) is 0 Å². The summed E-state index contributed by atoms with van der Waals surface area (Å²) < 4.78 is 48.8. The van der Waals surface area contributed by atoms with Crippen molar-refractivity contribution in [3.63, 3.8) is 0 Å². The molecule has 0 spiro atoms. The van der Waals surface area contributed by atoms with Crippen LogP contribution in [0.15, 0.2) is 24.0 Å². The molecule has 0 amide bonds. The standard InChI is InChI=1S/C9H16N2O4S2/c1-4-16(12,13)10-6-7-11(9(3)8-10)17(14,15)5-2/h4-5,9H,1-2,6-8H2,3H3. The van der Waals surface area contributed by atoms with E-state index >= 15 is 0 Å². The van der Waals surface area contributed by atoms with Crippen molar-refractivity contribution in [2.75, 3.05) is 19.6 Å². The molecule has 1 atom stereocenters. The Labute approximate surface area is 102 Å². The van der Waals surface area contributed by atoms with Crippen molar-refractivity contribution in [1.82, 2.24) is 8.61 Å². The van der Waals surface area contributed by atoms with Crippen LogP contribution in [0.1, 0.15) is 6.92 Å². The zero-order valence-corrected chi connectivity index (χ0v) is 11.2. The van der Waals surface area contributed by atoms with Crippen LogP contribution in [0, 0.1) is 0 Å². The Bertz CT molecular complexity index is 509.